The molecule has 0 amide bonds. The molecular weight excluding hydrogens is 440 g/mol. The van der Waals surface area contributed by atoms with Gasteiger partial charge in [-0.25, -0.2) is 0 Å². The van der Waals surface area contributed by atoms with Crippen LogP contribution in [0.5, 0.6) is 0 Å². The van der Waals surface area contributed by atoms with E-state index in [2.05, 4.69) is 102 Å². The fraction of sp³-hybridized carbons (Fsp3) is 0.286. The van der Waals surface area contributed by atoms with Gasteiger partial charge in [-0.1, -0.05) is 72.9 Å². The summed E-state index contributed by atoms with van der Waals surface area (Å²) in [6.45, 7) is 6.06. The van der Waals surface area contributed by atoms with Crippen molar-refractivity contribution < 1.29 is 4.74 Å². The average Bonchev–Trinajstić information content (AvgIpc) is 3.29. The van der Waals surface area contributed by atoms with Gasteiger partial charge >= 0.3 is 0 Å². The maximum Gasteiger partial charge on any atom is 0.150 e. The molecule has 5 nitrogen and oxygen atoms in total. The smallest absolute Gasteiger partial charge is 0.150 e. The summed E-state index contributed by atoms with van der Waals surface area (Å²) in [4.78, 5) is 4.61. The highest BCUT2D eigenvalue weighted by atomic mass is 32.1. The lowest BCUT2D eigenvalue weighted by Gasteiger charge is -2.37. The number of rotatable bonds is 6. The number of benzene rings is 3. The van der Waals surface area contributed by atoms with Crippen molar-refractivity contribution in [2.45, 2.75) is 38.1 Å². The molecule has 3 atom stereocenters. The first kappa shape index (κ1) is 22.6. The second kappa shape index (κ2) is 9.95. The number of hydrogen-bond donors (Lipinski definition) is 1. The molecule has 1 N–H and O–H groups in total. The minimum absolute atomic E-state index is 0.0181. The molecule has 1 fully saturated rings. The highest BCUT2D eigenvalue weighted by molar-refractivity contribution is 7.79. The standard InChI is InChI=1S/C28H30N4OS/c1-20-17-31(18-21(2)33-20)24-13-15-25(16-14-24)32-26(19-34)29-30-28(32)27(22-9-5-3-6-10-22)23-11-7-4-8-12-23/h3-16,19-21,26-27,29H,17-18H2,1-2H3. The van der Waals surface area contributed by atoms with E-state index in [1.54, 1.807) is 5.37 Å². The average molecular weight is 471 g/mol. The molecule has 2 heterocycles. The van der Waals surface area contributed by atoms with E-state index < -0.39 is 0 Å². The molecule has 0 aliphatic carbocycles. The lowest BCUT2D eigenvalue weighted by molar-refractivity contribution is -0.00521. The predicted octanol–water partition coefficient (Wildman–Crippen LogP) is 5.18. The minimum atomic E-state index is -0.186. The Morgan fingerprint density at radius 1 is 0.853 bits per heavy atom. The van der Waals surface area contributed by atoms with Crippen molar-refractivity contribution in [2.24, 2.45) is 5.10 Å². The number of nitrogens with zero attached hydrogens (tertiary/aromatic N) is 3. The predicted molar refractivity (Wildman–Crippen MR) is 144 cm³/mol. The Balaban J connectivity index is 1.49. The molecule has 0 bridgehead atoms. The fourth-order valence-corrected chi connectivity index (χ4v) is 5.15. The van der Waals surface area contributed by atoms with Gasteiger partial charge in [0.15, 0.2) is 0 Å². The number of hydrogen-bond acceptors (Lipinski definition) is 6. The van der Waals surface area contributed by atoms with Crippen molar-refractivity contribution in [3.05, 3.63) is 96.1 Å². The van der Waals surface area contributed by atoms with E-state index in [1.807, 2.05) is 12.1 Å². The number of nitrogens with one attached hydrogen (secondary N) is 1. The molecule has 0 saturated carbocycles. The topological polar surface area (TPSA) is 40.1 Å². The van der Waals surface area contributed by atoms with Crippen molar-refractivity contribution in [1.29, 1.82) is 0 Å². The Kier molecular flexibility index (Phi) is 6.61. The van der Waals surface area contributed by atoms with Gasteiger partial charge in [0, 0.05) is 29.8 Å². The molecule has 3 unspecified atom stereocenters. The number of morpholine rings is 1. The van der Waals surface area contributed by atoms with Crippen LogP contribution in [0.25, 0.3) is 0 Å². The van der Waals surface area contributed by atoms with Crippen LogP contribution in [0.4, 0.5) is 11.4 Å². The molecule has 5 rings (SSSR count). The third-order valence-corrected chi connectivity index (χ3v) is 6.66. The Morgan fingerprint density at radius 3 is 1.91 bits per heavy atom. The van der Waals surface area contributed by atoms with E-state index in [1.165, 1.54) is 16.8 Å². The normalized spacial score (nSPS) is 22.4. The van der Waals surface area contributed by atoms with Crippen LogP contribution in [0, 0.1) is 0 Å². The first-order chi connectivity index (χ1) is 16.6. The molecule has 0 spiro atoms. The molecular formula is C28H30N4OS. The van der Waals surface area contributed by atoms with Crippen LogP contribution in [-0.2, 0) is 4.74 Å². The monoisotopic (exact) mass is 470 g/mol. The van der Waals surface area contributed by atoms with Crippen LogP contribution in [0.1, 0.15) is 30.9 Å². The molecule has 2 aliphatic heterocycles. The summed E-state index contributed by atoms with van der Waals surface area (Å²) in [6, 6.07) is 29.8. The molecule has 1 saturated heterocycles. The first-order valence-corrected chi connectivity index (χ1v) is 12.3. The third kappa shape index (κ3) is 4.56. The van der Waals surface area contributed by atoms with Crippen LogP contribution in [-0.4, -0.2) is 42.7 Å². The molecule has 0 aromatic heterocycles. The largest absolute Gasteiger partial charge is 0.372 e. The van der Waals surface area contributed by atoms with Crippen molar-refractivity contribution in [3.8, 4) is 0 Å². The van der Waals surface area contributed by atoms with Gasteiger partial charge in [0.25, 0.3) is 0 Å². The van der Waals surface area contributed by atoms with Gasteiger partial charge in [0.1, 0.15) is 12.0 Å². The zero-order valence-electron chi connectivity index (χ0n) is 19.5. The minimum Gasteiger partial charge on any atom is -0.372 e. The van der Waals surface area contributed by atoms with E-state index in [9.17, 15) is 0 Å². The number of hydrazone groups is 1. The zero-order chi connectivity index (χ0) is 23.5. The zero-order valence-corrected chi connectivity index (χ0v) is 20.4. The van der Waals surface area contributed by atoms with Crippen molar-refractivity contribution in [3.63, 3.8) is 0 Å². The number of amidine groups is 1. The summed E-state index contributed by atoms with van der Waals surface area (Å²) in [5.41, 5.74) is 7.89. The molecule has 3 aromatic carbocycles. The van der Waals surface area contributed by atoms with E-state index >= 15 is 0 Å². The maximum absolute atomic E-state index is 5.91. The second-order valence-corrected chi connectivity index (χ2v) is 9.26. The van der Waals surface area contributed by atoms with Crippen LogP contribution >= 0.6 is 12.2 Å². The lowest BCUT2D eigenvalue weighted by atomic mass is 9.89. The van der Waals surface area contributed by atoms with Crippen LogP contribution in [0.15, 0.2) is 90.0 Å². The van der Waals surface area contributed by atoms with Gasteiger partial charge < -0.3 is 14.5 Å². The highest BCUT2D eigenvalue weighted by Crippen LogP contribution is 2.33. The molecule has 0 radical (unpaired) electrons. The molecule has 3 aromatic rings. The lowest BCUT2D eigenvalue weighted by Crippen LogP contribution is -2.45. The summed E-state index contributed by atoms with van der Waals surface area (Å²) >= 11 is 5.39. The number of ether oxygens (including phenoxy) is 1. The Labute approximate surface area is 207 Å². The fourth-order valence-electron chi connectivity index (χ4n) is 4.97. The van der Waals surface area contributed by atoms with Crippen LogP contribution in [0.2, 0.25) is 0 Å². The second-order valence-electron chi connectivity index (χ2n) is 8.98. The summed E-state index contributed by atoms with van der Waals surface area (Å²) in [7, 11) is 0. The maximum atomic E-state index is 5.91. The van der Waals surface area contributed by atoms with E-state index in [0.717, 1.165) is 24.6 Å². The SMILES string of the molecule is CC1CN(c2ccc(N3C(C(c4ccccc4)c4ccccc4)=NNC3C=S)cc2)CC(C)O1. The Hall–Kier alpha value is -3.22. The van der Waals surface area contributed by atoms with E-state index in [0.29, 0.717) is 0 Å². The third-order valence-electron chi connectivity index (χ3n) is 6.40. The molecule has 34 heavy (non-hydrogen) atoms. The van der Waals surface area contributed by atoms with Gasteiger partial charge in [0.2, 0.25) is 0 Å². The molecule has 6 heteroatoms. The summed E-state index contributed by atoms with van der Waals surface area (Å²) in [5, 5.41) is 6.54. The van der Waals surface area contributed by atoms with Crippen molar-refractivity contribution in [2.75, 3.05) is 22.9 Å². The van der Waals surface area contributed by atoms with Gasteiger partial charge in [-0.2, -0.15) is 5.10 Å². The van der Waals surface area contributed by atoms with Crippen molar-refractivity contribution >= 4 is 34.8 Å². The Morgan fingerprint density at radius 2 is 1.38 bits per heavy atom. The summed E-state index contributed by atoms with van der Waals surface area (Å²) < 4.78 is 5.91. The molecule has 2 aliphatic rings. The van der Waals surface area contributed by atoms with Crippen LogP contribution in [0.3, 0.4) is 0 Å². The first-order valence-electron chi connectivity index (χ1n) is 11.8. The number of thiocarbonyl (C=S) groups is 1. The Bertz CT molecular complexity index is 1090. The van der Waals surface area contributed by atoms with Gasteiger partial charge in [-0.3, -0.25) is 5.43 Å². The molecule has 174 valence electrons. The van der Waals surface area contributed by atoms with Gasteiger partial charge in [0.05, 0.1) is 18.1 Å². The van der Waals surface area contributed by atoms with Crippen molar-refractivity contribution in [1.82, 2.24) is 5.43 Å². The summed E-state index contributed by atoms with van der Waals surface area (Å²) in [5.74, 6) is 0.917. The summed E-state index contributed by atoms with van der Waals surface area (Å²) in [6.07, 6.45) is 0.262. The van der Waals surface area contributed by atoms with E-state index in [-0.39, 0.29) is 24.3 Å². The van der Waals surface area contributed by atoms with Gasteiger partial charge in [-0.05, 0) is 49.2 Å². The van der Waals surface area contributed by atoms with Gasteiger partial charge in [-0.15, -0.1) is 0 Å². The highest BCUT2D eigenvalue weighted by Gasteiger charge is 2.34. The quantitative estimate of drug-likeness (QED) is 0.503. The van der Waals surface area contributed by atoms with E-state index in [4.69, 9.17) is 22.1 Å². The van der Waals surface area contributed by atoms with Crippen LogP contribution < -0.4 is 15.2 Å². The number of anilines is 2.